The van der Waals surface area contributed by atoms with Gasteiger partial charge in [-0.05, 0) is 30.3 Å². The number of aromatic amines is 1. The number of H-pyrrole nitrogens is 1. The van der Waals surface area contributed by atoms with E-state index < -0.39 is 6.36 Å². The zero-order valence-corrected chi connectivity index (χ0v) is 14.5. The van der Waals surface area contributed by atoms with E-state index in [1.54, 1.807) is 0 Å². The molecule has 1 fully saturated rings. The van der Waals surface area contributed by atoms with Crippen molar-refractivity contribution >= 4 is 21.8 Å². The molecule has 1 aliphatic carbocycles. The molecule has 5 nitrogen and oxygen atoms in total. The molecule has 1 N–H and O–H groups in total. The number of aromatic nitrogens is 3. The van der Waals surface area contributed by atoms with Crippen molar-refractivity contribution in [3.63, 3.8) is 0 Å². The number of alkyl halides is 3. The summed E-state index contributed by atoms with van der Waals surface area (Å²) in [6, 6.07) is 13.3. The summed E-state index contributed by atoms with van der Waals surface area (Å²) in [6.45, 7) is 0. The molecule has 8 heteroatoms. The van der Waals surface area contributed by atoms with Crippen molar-refractivity contribution < 1.29 is 22.5 Å². The van der Waals surface area contributed by atoms with Gasteiger partial charge in [0, 0.05) is 23.6 Å². The van der Waals surface area contributed by atoms with Gasteiger partial charge in [0.25, 0.3) is 5.52 Å². The van der Waals surface area contributed by atoms with E-state index in [4.69, 9.17) is 0 Å². The minimum Gasteiger partial charge on any atom is -0.406 e. The second-order valence-corrected chi connectivity index (χ2v) is 6.87. The normalized spacial score (nSPS) is 14.7. The molecule has 142 valence electrons. The highest BCUT2D eigenvalue weighted by Crippen LogP contribution is 2.32. The lowest BCUT2D eigenvalue weighted by atomic mass is 10.1. The van der Waals surface area contributed by atoms with Gasteiger partial charge < -0.3 is 4.74 Å². The van der Waals surface area contributed by atoms with Crippen molar-refractivity contribution in [1.82, 2.24) is 9.78 Å². The molecule has 28 heavy (non-hydrogen) atoms. The zero-order chi connectivity index (χ0) is 19.5. The largest absolute Gasteiger partial charge is 0.573 e. The Morgan fingerprint density at radius 1 is 1.07 bits per heavy atom. The van der Waals surface area contributed by atoms with E-state index in [1.165, 1.54) is 28.9 Å². The highest BCUT2D eigenvalue weighted by atomic mass is 19.4. The van der Waals surface area contributed by atoms with Crippen LogP contribution in [0.3, 0.4) is 0 Å². The van der Waals surface area contributed by atoms with E-state index in [1.807, 2.05) is 35.0 Å². The Morgan fingerprint density at radius 3 is 2.46 bits per heavy atom. The van der Waals surface area contributed by atoms with E-state index in [0.29, 0.717) is 22.8 Å². The molecule has 0 unspecified atom stereocenters. The first-order chi connectivity index (χ1) is 13.4. The van der Waals surface area contributed by atoms with Crippen LogP contribution >= 0.6 is 0 Å². The lowest BCUT2D eigenvalue weighted by Gasteiger charge is -2.09. The van der Waals surface area contributed by atoms with Crippen molar-refractivity contribution in [1.29, 1.82) is 0 Å². The van der Waals surface area contributed by atoms with Crippen LogP contribution in [0.5, 0.6) is 5.75 Å². The van der Waals surface area contributed by atoms with Crippen molar-refractivity contribution in [2.75, 3.05) is 0 Å². The maximum Gasteiger partial charge on any atom is 0.573 e. The molecule has 1 aliphatic rings. The predicted molar refractivity (Wildman–Crippen MR) is 96.6 cm³/mol. The highest BCUT2D eigenvalue weighted by molar-refractivity contribution is 6.01. The van der Waals surface area contributed by atoms with Crippen LogP contribution in [-0.4, -0.2) is 16.1 Å². The van der Waals surface area contributed by atoms with Crippen LogP contribution in [0.15, 0.2) is 59.5 Å². The van der Waals surface area contributed by atoms with Crippen LogP contribution in [0.1, 0.15) is 18.9 Å². The lowest BCUT2D eigenvalue weighted by Crippen LogP contribution is -2.36. The number of pyridine rings is 1. The van der Waals surface area contributed by atoms with Crippen LogP contribution in [-0.2, 0) is 0 Å². The summed E-state index contributed by atoms with van der Waals surface area (Å²) in [5, 5.41) is 5.07. The van der Waals surface area contributed by atoms with Crippen molar-refractivity contribution in [3.05, 3.63) is 65.1 Å². The standard InChI is InChI=1S/C20H14F3N3O2/c21-20(22,23)28-15-9-7-14(8-10-15)26-19(27)18-17(24-26)16-4-2-1-3-12(16)11-25(18)13-5-6-13/h1-4,7-11,13H,5-6H2/p+1. The third-order valence-corrected chi connectivity index (χ3v) is 4.90. The van der Waals surface area contributed by atoms with E-state index in [9.17, 15) is 18.0 Å². The summed E-state index contributed by atoms with van der Waals surface area (Å²) in [5.74, 6) is -0.334. The second kappa shape index (κ2) is 5.85. The summed E-state index contributed by atoms with van der Waals surface area (Å²) < 4.78 is 44.3. The molecule has 1 saturated carbocycles. The molecule has 2 aromatic carbocycles. The topological polar surface area (TPSA) is 50.9 Å². The molecule has 0 bridgehead atoms. The Labute approximate surface area is 156 Å². The van der Waals surface area contributed by atoms with E-state index in [2.05, 4.69) is 9.84 Å². The molecule has 0 radical (unpaired) electrons. The predicted octanol–water partition coefficient (Wildman–Crippen LogP) is 3.99. The molecule has 0 spiro atoms. The van der Waals surface area contributed by atoms with Gasteiger partial charge in [-0.3, -0.25) is 9.89 Å². The Morgan fingerprint density at radius 2 is 1.79 bits per heavy atom. The summed E-state index contributed by atoms with van der Waals surface area (Å²) >= 11 is 0. The summed E-state index contributed by atoms with van der Waals surface area (Å²) in [5.41, 5.74) is 1.47. The van der Waals surface area contributed by atoms with Crippen LogP contribution in [0.4, 0.5) is 13.2 Å². The lowest BCUT2D eigenvalue weighted by molar-refractivity contribution is -0.674. The van der Waals surface area contributed by atoms with Crippen molar-refractivity contribution in [2.24, 2.45) is 0 Å². The highest BCUT2D eigenvalue weighted by Gasteiger charge is 2.36. The van der Waals surface area contributed by atoms with Gasteiger partial charge in [-0.25, -0.2) is 4.68 Å². The zero-order valence-electron chi connectivity index (χ0n) is 14.5. The fraction of sp³-hybridized carbons (Fsp3) is 0.200. The fourth-order valence-electron chi connectivity index (χ4n) is 3.53. The maximum atomic E-state index is 13.1. The van der Waals surface area contributed by atoms with Gasteiger partial charge >= 0.3 is 11.9 Å². The third-order valence-electron chi connectivity index (χ3n) is 4.90. The third kappa shape index (κ3) is 2.81. The van der Waals surface area contributed by atoms with Crippen LogP contribution in [0, 0.1) is 0 Å². The van der Waals surface area contributed by atoms with Crippen LogP contribution in [0.25, 0.3) is 27.5 Å². The van der Waals surface area contributed by atoms with E-state index in [-0.39, 0.29) is 11.3 Å². The minimum absolute atomic E-state index is 0.239. The Balaban J connectivity index is 1.69. The minimum atomic E-state index is -4.76. The first-order valence-corrected chi connectivity index (χ1v) is 8.84. The van der Waals surface area contributed by atoms with E-state index in [0.717, 1.165) is 23.6 Å². The molecule has 2 heterocycles. The number of benzene rings is 2. The van der Waals surface area contributed by atoms with Gasteiger partial charge in [0.1, 0.15) is 11.3 Å². The number of hydrogen-bond acceptors (Lipinski definition) is 2. The van der Waals surface area contributed by atoms with Crippen LogP contribution < -0.4 is 14.9 Å². The van der Waals surface area contributed by atoms with Gasteiger partial charge in [0.2, 0.25) is 0 Å². The number of halogens is 3. The molecule has 0 saturated heterocycles. The monoisotopic (exact) mass is 386 g/mol. The number of fused-ring (bicyclic) bond motifs is 3. The quantitative estimate of drug-likeness (QED) is 0.542. The first-order valence-electron chi connectivity index (χ1n) is 8.84. The van der Waals surface area contributed by atoms with Crippen molar-refractivity contribution in [2.45, 2.75) is 25.2 Å². The average molecular weight is 386 g/mol. The van der Waals surface area contributed by atoms with Gasteiger partial charge in [0.15, 0.2) is 12.2 Å². The Bertz CT molecular complexity index is 1250. The van der Waals surface area contributed by atoms with Gasteiger partial charge in [-0.15, -0.1) is 13.2 Å². The molecule has 5 rings (SSSR count). The molecule has 0 atom stereocenters. The fourth-order valence-corrected chi connectivity index (χ4v) is 3.53. The second-order valence-electron chi connectivity index (χ2n) is 6.87. The number of rotatable bonds is 3. The number of nitrogens with zero attached hydrogens (tertiary/aromatic N) is 2. The summed E-state index contributed by atoms with van der Waals surface area (Å²) in [6.07, 6.45) is -0.720. The number of hydrogen-bond donors (Lipinski definition) is 1. The van der Waals surface area contributed by atoms with E-state index >= 15 is 0 Å². The average Bonchev–Trinajstić information content (AvgIpc) is 3.44. The summed E-state index contributed by atoms with van der Waals surface area (Å²) in [4.78, 5) is 13.1. The number of ether oxygens (including phenoxy) is 1. The smallest absolute Gasteiger partial charge is 0.406 e. The SMILES string of the molecule is O=c1c2c([nH]n1-c1ccc(OC(F)(F)F)cc1)c1ccccc1c[n+]2C1CC1. The van der Waals surface area contributed by atoms with Gasteiger partial charge in [-0.2, -0.15) is 4.57 Å². The molecule has 0 aliphatic heterocycles. The molecule has 2 aromatic heterocycles. The van der Waals surface area contributed by atoms with Crippen molar-refractivity contribution in [3.8, 4) is 11.4 Å². The molecular formula is C20H15F3N3O2+. The summed E-state index contributed by atoms with van der Waals surface area (Å²) in [7, 11) is 0. The molecule has 0 amide bonds. The molecular weight excluding hydrogens is 371 g/mol. The van der Waals surface area contributed by atoms with Gasteiger partial charge in [-0.1, -0.05) is 18.2 Å². The van der Waals surface area contributed by atoms with Crippen LogP contribution in [0.2, 0.25) is 0 Å². The van der Waals surface area contributed by atoms with Gasteiger partial charge in [0.05, 0.1) is 5.69 Å². The maximum absolute atomic E-state index is 13.1. The first kappa shape index (κ1) is 16.9. The Kier molecular flexibility index (Phi) is 3.52. The molecule has 4 aromatic rings. The Hall–Kier alpha value is -3.29. The number of nitrogens with one attached hydrogen (secondary N) is 1.